The maximum atomic E-state index is 8.74. The molecule has 4 nitrogen and oxygen atoms in total. The van der Waals surface area contributed by atoms with Crippen molar-refractivity contribution >= 4 is 17.4 Å². The number of rotatable bonds is 5. The molecule has 0 N–H and O–H groups in total. The molecule has 2 heterocycles. The van der Waals surface area contributed by atoms with Crippen LogP contribution in [0.1, 0.15) is 12.0 Å². The fraction of sp³-hybridized carbons (Fsp3) is 0.214. The van der Waals surface area contributed by atoms with Gasteiger partial charge in [0.2, 0.25) is 0 Å². The van der Waals surface area contributed by atoms with Gasteiger partial charge < -0.3 is 4.90 Å². The van der Waals surface area contributed by atoms with Crippen molar-refractivity contribution in [3.05, 3.63) is 53.4 Å². The van der Waals surface area contributed by atoms with Crippen molar-refractivity contribution in [2.24, 2.45) is 0 Å². The van der Waals surface area contributed by atoms with Crippen molar-refractivity contribution in [3.8, 4) is 6.07 Å². The minimum Gasteiger partial charge on any atom is -0.351 e. The lowest BCUT2D eigenvalue weighted by Gasteiger charge is -2.22. The van der Waals surface area contributed by atoms with Gasteiger partial charge in [-0.05, 0) is 23.8 Å². The van der Waals surface area contributed by atoms with E-state index in [1.807, 2.05) is 29.3 Å². The number of hydrogen-bond acceptors (Lipinski definition) is 4. The molecule has 0 saturated carbocycles. The van der Waals surface area contributed by atoms with Crippen LogP contribution in [0.5, 0.6) is 0 Å². The first-order chi connectivity index (χ1) is 9.29. The molecule has 19 heavy (non-hydrogen) atoms. The monoisotopic (exact) mass is 272 g/mol. The van der Waals surface area contributed by atoms with Crippen molar-refractivity contribution in [2.75, 3.05) is 11.4 Å². The van der Waals surface area contributed by atoms with Gasteiger partial charge in [0.1, 0.15) is 5.82 Å². The maximum Gasteiger partial charge on any atom is 0.128 e. The minimum atomic E-state index is 0.449. The van der Waals surface area contributed by atoms with E-state index in [-0.39, 0.29) is 0 Å². The summed E-state index contributed by atoms with van der Waals surface area (Å²) in [7, 11) is 0. The highest BCUT2D eigenvalue weighted by molar-refractivity contribution is 6.30. The zero-order valence-electron chi connectivity index (χ0n) is 10.3. The van der Waals surface area contributed by atoms with Gasteiger partial charge in [-0.3, -0.25) is 4.98 Å². The highest BCUT2D eigenvalue weighted by Gasteiger charge is 2.08. The number of hydrogen-bond donors (Lipinski definition) is 0. The van der Waals surface area contributed by atoms with E-state index in [2.05, 4.69) is 16.0 Å². The Kier molecular flexibility index (Phi) is 4.71. The predicted molar refractivity (Wildman–Crippen MR) is 74.8 cm³/mol. The lowest BCUT2D eigenvalue weighted by Crippen LogP contribution is -2.24. The van der Waals surface area contributed by atoms with Crippen molar-refractivity contribution in [1.29, 1.82) is 5.26 Å². The number of anilines is 1. The van der Waals surface area contributed by atoms with Crippen LogP contribution in [0.2, 0.25) is 5.02 Å². The van der Waals surface area contributed by atoms with Gasteiger partial charge in [0.15, 0.2) is 0 Å². The fourth-order valence-corrected chi connectivity index (χ4v) is 1.84. The Bertz CT molecular complexity index is 548. The predicted octanol–water partition coefficient (Wildman–Crippen LogP) is 3.05. The molecular formula is C14H13ClN4. The highest BCUT2D eigenvalue weighted by Crippen LogP contribution is 2.17. The molecule has 2 aromatic rings. The largest absolute Gasteiger partial charge is 0.351 e. The molecule has 0 aliphatic rings. The summed E-state index contributed by atoms with van der Waals surface area (Å²) in [6, 6.07) is 9.71. The van der Waals surface area contributed by atoms with Crippen molar-refractivity contribution < 1.29 is 0 Å². The van der Waals surface area contributed by atoms with Crippen LogP contribution >= 0.6 is 11.6 Å². The van der Waals surface area contributed by atoms with Gasteiger partial charge in [-0.15, -0.1) is 0 Å². The van der Waals surface area contributed by atoms with E-state index in [1.54, 1.807) is 18.5 Å². The average Bonchev–Trinajstić information content (AvgIpc) is 2.45. The molecular weight excluding hydrogens is 260 g/mol. The Labute approximate surface area is 117 Å². The molecule has 2 aromatic heterocycles. The minimum absolute atomic E-state index is 0.449. The number of pyridine rings is 2. The van der Waals surface area contributed by atoms with Crippen LogP contribution in [0, 0.1) is 11.3 Å². The summed E-state index contributed by atoms with van der Waals surface area (Å²) < 4.78 is 0. The molecule has 0 spiro atoms. The van der Waals surface area contributed by atoms with Crippen LogP contribution in [0.15, 0.2) is 42.9 Å². The van der Waals surface area contributed by atoms with Gasteiger partial charge >= 0.3 is 0 Å². The van der Waals surface area contributed by atoms with Crippen LogP contribution < -0.4 is 4.90 Å². The van der Waals surface area contributed by atoms with E-state index in [0.717, 1.165) is 11.4 Å². The summed E-state index contributed by atoms with van der Waals surface area (Å²) in [4.78, 5) is 10.4. The molecule has 0 fully saturated rings. The second-order valence-corrected chi connectivity index (χ2v) is 4.46. The molecule has 0 bridgehead atoms. The van der Waals surface area contributed by atoms with E-state index >= 15 is 0 Å². The summed E-state index contributed by atoms with van der Waals surface area (Å²) in [5, 5.41) is 9.34. The van der Waals surface area contributed by atoms with Crippen molar-refractivity contribution in [2.45, 2.75) is 13.0 Å². The number of halogens is 1. The Morgan fingerprint density at radius 1 is 1.26 bits per heavy atom. The maximum absolute atomic E-state index is 8.74. The third-order valence-corrected chi connectivity index (χ3v) is 2.85. The van der Waals surface area contributed by atoms with Gasteiger partial charge in [-0.1, -0.05) is 17.7 Å². The van der Waals surface area contributed by atoms with Crippen LogP contribution in [0.4, 0.5) is 5.82 Å². The molecule has 0 aromatic carbocycles. The lowest BCUT2D eigenvalue weighted by molar-refractivity contribution is 0.780. The molecule has 0 radical (unpaired) electrons. The fourth-order valence-electron chi connectivity index (χ4n) is 1.73. The van der Waals surface area contributed by atoms with Crippen LogP contribution in [-0.4, -0.2) is 16.5 Å². The molecule has 0 atom stereocenters. The first kappa shape index (κ1) is 13.3. The summed E-state index contributed by atoms with van der Waals surface area (Å²) in [6.07, 6.45) is 5.61. The van der Waals surface area contributed by atoms with Gasteiger partial charge in [0, 0.05) is 31.7 Å². The van der Waals surface area contributed by atoms with Gasteiger partial charge in [-0.25, -0.2) is 4.98 Å². The summed E-state index contributed by atoms with van der Waals surface area (Å²) in [5.41, 5.74) is 1.08. The Morgan fingerprint density at radius 2 is 2.16 bits per heavy atom. The molecule has 2 rings (SSSR count). The quantitative estimate of drug-likeness (QED) is 0.839. The Hall–Kier alpha value is -2.12. The topological polar surface area (TPSA) is 52.8 Å². The first-order valence-electron chi connectivity index (χ1n) is 5.92. The van der Waals surface area contributed by atoms with Crippen LogP contribution in [0.25, 0.3) is 0 Å². The third-order valence-electron chi connectivity index (χ3n) is 2.63. The summed E-state index contributed by atoms with van der Waals surface area (Å²) in [6.45, 7) is 1.30. The van der Waals surface area contributed by atoms with E-state index in [1.165, 1.54) is 0 Å². The van der Waals surface area contributed by atoms with E-state index in [9.17, 15) is 0 Å². The van der Waals surface area contributed by atoms with Gasteiger partial charge in [-0.2, -0.15) is 5.26 Å². The molecule has 5 heteroatoms. The second kappa shape index (κ2) is 6.72. The second-order valence-electron chi connectivity index (χ2n) is 4.03. The zero-order chi connectivity index (χ0) is 13.5. The Morgan fingerprint density at radius 3 is 2.79 bits per heavy atom. The molecule has 0 unspecified atom stereocenters. The number of nitrogens with zero attached hydrogens (tertiary/aromatic N) is 4. The standard InChI is InChI=1S/C14H13ClN4/c15-13-4-5-14(18-10-13)19(8-2-6-16)11-12-3-1-7-17-9-12/h1,3-5,7,9-10H,2,8,11H2. The van der Waals surface area contributed by atoms with Gasteiger partial charge in [0.05, 0.1) is 17.5 Å². The normalized spacial score (nSPS) is 9.89. The molecule has 96 valence electrons. The van der Waals surface area contributed by atoms with Gasteiger partial charge in [0.25, 0.3) is 0 Å². The zero-order valence-corrected chi connectivity index (χ0v) is 11.1. The van der Waals surface area contributed by atoms with Crippen LogP contribution in [-0.2, 0) is 6.54 Å². The van der Waals surface area contributed by atoms with Crippen LogP contribution in [0.3, 0.4) is 0 Å². The Balaban J connectivity index is 2.16. The SMILES string of the molecule is N#CCCN(Cc1cccnc1)c1ccc(Cl)cn1. The number of nitriles is 1. The van der Waals surface area contributed by atoms with Crippen molar-refractivity contribution in [3.63, 3.8) is 0 Å². The summed E-state index contributed by atoms with van der Waals surface area (Å²) in [5.74, 6) is 0.809. The van der Waals surface area contributed by atoms with E-state index in [0.29, 0.717) is 24.5 Å². The number of aromatic nitrogens is 2. The third kappa shape index (κ3) is 3.94. The van der Waals surface area contributed by atoms with E-state index < -0.39 is 0 Å². The smallest absolute Gasteiger partial charge is 0.128 e. The summed E-state index contributed by atoms with van der Waals surface area (Å²) >= 11 is 5.84. The molecule has 0 aliphatic carbocycles. The molecule has 0 saturated heterocycles. The average molecular weight is 273 g/mol. The van der Waals surface area contributed by atoms with E-state index in [4.69, 9.17) is 16.9 Å². The first-order valence-corrected chi connectivity index (χ1v) is 6.30. The lowest BCUT2D eigenvalue weighted by atomic mass is 10.2. The highest BCUT2D eigenvalue weighted by atomic mass is 35.5. The molecule has 0 amide bonds. The molecule has 0 aliphatic heterocycles. The van der Waals surface area contributed by atoms with Crippen molar-refractivity contribution in [1.82, 2.24) is 9.97 Å².